The second-order valence-electron chi connectivity index (χ2n) is 5.07. The molecule has 1 saturated heterocycles. The number of methoxy groups -OCH3 is 1. The molecule has 1 fully saturated rings. The predicted molar refractivity (Wildman–Crippen MR) is 93.7 cm³/mol. The molecule has 1 aliphatic heterocycles. The largest absolute Gasteiger partial charge is 0.478 e. The number of hydrogen-bond donors (Lipinski definition) is 2. The van der Waals surface area contributed by atoms with Crippen molar-refractivity contribution in [1.82, 2.24) is 5.32 Å². The van der Waals surface area contributed by atoms with Gasteiger partial charge in [0.2, 0.25) is 0 Å². The Balaban J connectivity index is 2.19. The van der Waals surface area contributed by atoms with Crippen LogP contribution in [-0.2, 0) is 14.3 Å². The molecule has 1 aromatic carbocycles. The number of aromatic carboxylic acids is 1. The summed E-state index contributed by atoms with van der Waals surface area (Å²) in [6.45, 7) is 3.55. The molecule has 0 spiro atoms. The summed E-state index contributed by atoms with van der Waals surface area (Å²) in [5, 5.41) is 19.6. The quantitative estimate of drug-likeness (QED) is 0.364. The summed E-state index contributed by atoms with van der Waals surface area (Å²) in [5.41, 5.74) is 2.30. The number of thioether (sulfide) groups is 1. The molecular formula is C16H15N3O5S. The van der Waals surface area contributed by atoms with Crippen LogP contribution in [0, 0.1) is 13.8 Å². The number of rotatable bonds is 4. The number of esters is 1. The maximum atomic E-state index is 11.7. The maximum absolute atomic E-state index is 11.7. The molecule has 8 nitrogen and oxygen atoms in total. The van der Waals surface area contributed by atoms with Crippen molar-refractivity contribution < 1.29 is 24.2 Å². The van der Waals surface area contributed by atoms with E-state index < -0.39 is 17.8 Å². The van der Waals surface area contributed by atoms with Crippen molar-refractivity contribution in [3.8, 4) is 0 Å². The van der Waals surface area contributed by atoms with Crippen molar-refractivity contribution in [2.75, 3.05) is 7.11 Å². The third kappa shape index (κ3) is 4.54. The Kier molecular flexibility index (Phi) is 5.71. The van der Waals surface area contributed by atoms with E-state index in [1.54, 1.807) is 13.0 Å². The normalized spacial score (nSPS) is 17.3. The van der Waals surface area contributed by atoms with E-state index in [2.05, 4.69) is 20.3 Å². The fourth-order valence-corrected chi connectivity index (χ4v) is 2.76. The average molecular weight is 361 g/mol. The monoisotopic (exact) mass is 361 g/mol. The first-order valence-corrected chi connectivity index (χ1v) is 7.88. The van der Waals surface area contributed by atoms with Gasteiger partial charge in [-0.2, -0.15) is 5.10 Å². The van der Waals surface area contributed by atoms with Crippen LogP contribution in [0.25, 0.3) is 0 Å². The molecule has 0 unspecified atom stereocenters. The molecule has 1 heterocycles. The number of aryl methyl sites for hydroxylation is 2. The summed E-state index contributed by atoms with van der Waals surface area (Å²) in [5.74, 6) is -2.13. The van der Waals surface area contributed by atoms with Crippen LogP contribution in [-0.4, -0.2) is 41.4 Å². The summed E-state index contributed by atoms with van der Waals surface area (Å²) in [6, 6.07) is 3.26. The number of carboxylic acid groups (broad SMARTS) is 1. The van der Waals surface area contributed by atoms with E-state index in [0.717, 1.165) is 23.4 Å². The van der Waals surface area contributed by atoms with Crippen LogP contribution < -0.4 is 5.32 Å². The van der Waals surface area contributed by atoms with Crippen LogP contribution in [0.3, 0.4) is 0 Å². The minimum absolute atomic E-state index is 0.153. The molecule has 0 aromatic heterocycles. The Morgan fingerprint density at radius 3 is 2.64 bits per heavy atom. The molecule has 2 rings (SSSR count). The molecule has 1 amide bonds. The lowest BCUT2D eigenvalue weighted by Gasteiger charge is -2.05. The Morgan fingerprint density at radius 1 is 1.28 bits per heavy atom. The first kappa shape index (κ1) is 18.4. The first-order chi connectivity index (χ1) is 11.8. The fraction of sp³-hybridized carbons (Fsp3) is 0.188. The number of benzene rings is 1. The van der Waals surface area contributed by atoms with E-state index in [-0.39, 0.29) is 15.6 Å². The predicted octanol–water partition coefficient (Wildman–Crippen LogP) is 1.61. The molecular weight excluding hydrogens is 346 g/mol. The third-order valence-electron chi connectivity index (χ3n) is 3.29. The molecule has 0 bridgehead atoms. The highest BCUT2D eigenvalue weighted by atomic mass is 32.2. The van der Waals surface area contributed by atoms with E-state index in [4.69, 9.17) is 5.11 Å². The van der Waals surface area contributed by atoms with Gasteiger partial charge in [-0.1, -0.05) is 6.07 Å². The highest BCUT2D eigenvalue weighted by molar-refractivity contribution is 8.18. The van der Waals surface area contributed by atoms with Gasteiger partial charge < -0.3 is 9.84 Å². The standard InChI is InChI=1S/C16H15N3O5S/c1-8-4-9(2)11(15(22)23)5-10(8)7-17-19-16-18-14(21)12(25-16)6-13(20)24-3/h4-7H,1-3H3,(H,22,23)(H,18,19,21)/b12-6+,17-7?. The number of hydrogen-bond acceptors (Lipinski definition) is 7. The van der Waals surface area contributed by atoms with Crippen molar-refractivity contribution in [2.45, 2.75) is 13.8 Å². The fourth-order valence-electron chi connectivity index (χ4n) is 2.02. The number of amides is 1. The zero-order valence-corrected chi connectivity index (χ0v) is 14.5. The van der Waals surface area contributed by atoms with Crippen molar-refractivity contribution in [2.24, 2.45) is 10.2 Å². The van der Waals surface area contributed by atoms with Gasteiger partial charge in [0.05, 0.1) is 23.8 Å². The molecule has 1 aliphatic rings. The van der Waals surface area contributed by atoms with Crippen molar-refractivity contribution in [3.63, 3.8) is 0 Å². The van der Waals surface area contributed by atoms with Crippen LogP contribution in [0.4, 0.5) is 0 Å². The van der Waals surface area contributed by atoms with Gasteiger partial charge in [-0.3, -0.25) is 10.1 Å². The van der Waals surface area contributed by atoms with Gasteiger partial charge in [0.1, 0.15) is 0 Å². The van der Waals surface area contributed by atoms with Crippen LogP contribution >= 0.6 is 11.8 Å². The second-order valence-corrected chi connectivity index (χ2v) is 6.10. The van der Waals surface area contributed by atoms with Crippen LogP contribution in [0.5, 0.6) is 0 Å². The molecule has 25 heavy (non-hydrogen) atoms. The second kappa shape index (κ2) is 7.75. The minimum atomic E-state index is -1.02. The molecule has 0 atom stereocenters. The smallest absolute Gasteiger partial charge is 0.335 e. The van der Waals surface area contributed by atoms with Crippen molar-refractivity contribution in [1.29, 1.82) is 0 Å². The van der Waals surface area contributed by atoms with Crippen LogP contribution in [0.15, 0.2) is 33.3 Å². The first-order valence-electron chi connectivity index (χ1n) is 7.06. The SMILES string of the molecule is COC(=O)/C=C1/S/C(=N\N=Cc2cc(C(=O)O)c(C)cc2C)NC1=O. The van der Waals surface area contributed by atoms with Crippen molar-refractivity contribution >= 4 is 41.0 Å². The van der Waals surface area contributed by atoms with E-state index in [1.165, 1.54) is 19.4 Å². The van der Waals surface area contributed by atoms with E-state index in [1.807, 2.05) is 6.92 Å². The van der Waals surface area contributed by atoms with Gasteiger partial charge in [0, 0.05) is 6.08 Å². The molecule has 1 aromatic rings. The van der Waals surface area contributed by atoms with E-state index in [9.17, 15) is 14.4 Å². The van der Waals surface area contributed by atoms with Gasteiger partial charge in [-0.05, 0) is 48.4 Å². The molecule has 0 radical (unpaired) electrons. The molecule has 2 N–H and O–H groups in total. The number of carbonyl (C=O) groups is 3. The van der Waals surface area contributed by atoms with Gasteiger partial charge in [0.25, 0.3) is 5.91 Å². The minimum Gasteiger partial charge on any atom is -0.478 e. The van der Waals surface area contributed by atoms with Crippen molar-refractivity contribution in [3.05, 3.63) is 45.4 Å². The molecule has 9 heteroatoms. The van der Waals surface area contributed by atoms with Gasteiger partial charge >= 0.3 is 11.9 Å². The summed E-state index contributed by atoms with van der Waals surface area (Å²) < 4.78 is 4.46. The Labute approximate surface area is 147 Å². The van der Waals surface area contributed by atoms with Crippen LogP contribution in [0.1, 0.15) is 27.0 Å². The maximum Gasteiger partial charge on any atom is 0.335 e. The van der Waals surface area contributed by atoms with E-state index >= 15 is 0 Å². The Morgan fingerprint density at radius 2 is 2.00 bits per heavy atom. The topological polar surface area (TPSA) is 117 Å². The number of ether oxygens (including phenoxy) is 1. The lowest BCUT2D eigenvalue weighted by molar-refractivity contribution is -0.135. The summed E-state index contributed by atoms with van der Waals surface area (Å²) in [7, 11) is 1.21. The number of carbonyl (C=O) groups excluding carboxylic acids is 2. The Bertz CT molecular complexity index is 842. The highest BCUT2D eigenvalue weighted by Crippen LogP contribution is 2.23. The average Bonchev–Trinajstić information content (AvgIpc) is 2.88. The number of nitrogens with zero attached hydrogens (tertiary/aromatic N) is 2. The number of nitrogens with one attached hydrogen (secondary N) is 1. The van der Waals surface area contributed by atoms with Gasteiger partial charge in [-0.25, -0.2) is 9.59 Å². The number of carboxylic acids is 1. The highest BCUT2D eigenvalue weighted by Gasteiger charge is 2.25. The molecule has 0 saturated carbocycles. The van der Waals surface area contributed by atoms with Gasteiger partial charge in [-0.15, -0.1) is 5.10 Å². The van der Waals surface area contributed by atoms with Crippen LogP contribution in [0.2, 0.25) is 0 Å². The lowest BCUT2D eigenvalue weighted by atomic mass is 10.0. The molecule has 0 aliphatic carbocycles. The summed E-state index contributed by atoms with van der Waals surface area (Å²) in [6.07, 6.45) is 2.47. The Hall–Kier alpha value is -2.94. The molecule has 130 valence electrons. The summed E-state index contributed by atoms with van der Waals surface area (Å²) >= 11 is 0.954. The van der Waals surface area contributed by atoms with Gasteiger partial charge in [0.15, 0.2) is 5.17 Å². The zero-order chi connectivity index (χ0) is 18.6. The summed E-state index contributed by atoms with van der Waals surface area (Å²) in [4.78, 5) is 34.2. The zero-order valence-electron chi connectivity index (χ0n) is 13.7. The third-order valence-corrected chi connectivity index (χ3v) is 4.19. The van der Waals surface area contributed by atoms with E-state index in [0.29, 0.717) is 11.1 Å². The number of amidine groups is 1. The lowest BCUT2D eigenvalue weighted by Crippen LogP contribution is -2.19.